The van der Waals surface area contributed by atoms with E-state index < -0.39 is 86.8 Å². The van der Waals surface area contributed by atoms with Gasteiger partial charge in [0.25, 0.3) is 0 Å². The number of aliphatic hydroxyl groups is 8. The maximum absolute atomic E-state index is 13.3. The van der Waals surface area contributed by atoms with Gasteiger partial charge >= 0.3 is 0 Å². The number of nitrogens with one attached hydrogen (secondary N) is 1. The van der Waals surface area contributed by atoms with Crippen LogP contribution in [0.2, 0.25) is 0 Å². The Bertz CT molecular complexity index is 2070. The summed E-state index contributed by atoms with van der Waals surface area (Å²) >= 11 is 0. The highest BCUT2D eigenvalue weighted by molar-refractivity contribution is 5.76. The van der Waals surface area contributed by atoms with Crippen LogP contribution in [0.5, 0.6) is 0 Å². The largest absolute Gasteiger partial charge is 0.394 e. The van der Waals surface area contributed by atoms with E-state index in [0.29, 0.717) is 6.42 Å². The highest BCUT2D eigenvalue weighted by atomic mass is 16.7. The van der Waals surface area contributed by atoms with E-state index in [9.17, 15) is 45.6 Å². The van der Waals surface area contributed by atoms with Crippen LogP contribution < -0.4 is 5.32 Å². The first-order valence-electron chi connectivity index (χ1n) is 36.9. The van der Waals surface area contributed by atoms with Crippen molar-refractivity contribution in [2.75, 3.05) is 19.8 Å². The lowest BCUT2D eigenvalue weighted by Gasteiger charge is -2.46. The second-order valence-electron chi connectivity index (χ2n) is 25.3. The van der Waals surface area contributed by atoms with E-state index in [2.05, 4.69) is 141 Å². The van der Waals surface area contributed by atoms with Gasteiger partial charge in [-0.25, -0.2) is 0 Å². The third-order valence-corrected chi connectivity index (χ3v) is 17.1. The van der Waals surface area contributed by atoms with E-state index >= 15 is 0 Å². The summed E-state index contributed by atoms with van der Waals surface area (Å²) in [6.45, 7) is 2.68. The zero-order valence-corrected chi connectivity index (χ0v) is 57.9. The molecule has 0 aliphatic carbocycles. The molecular formula is C79H133NO13. The summed E-state index contributed by atoms with van der Waals surface area (Å²) in [6, 6.07) is -0.940. The van der Waals surface area contributed by atoms with Crippen LogP contribution >= 0.6 is 0 Å². The van der Waals surface area contributed by atoms with Gasteiger partial charge in [-0.3, -0.25) is 4.79 Å². The Kier molecular flexibility index (Phi) is 56.5. The molecule has 0 radical (unpaired) electrons. The number of aliphatic hydroxyl groups excluding tert-OH is 8. The molecule has 9 N–H and O–H groups in total. The number of amides is 1. The van der Waals surface area contributed by atoms with Crippen LogP contribution in [-0.2, 0) is 23.7 Å². The SMILES string of the molecule is CC/C=C\C/C=C\C/C=C\C/C=C\C/C=C\C/C=C\C/C=C\C/C=C\C/C=C\C/C=C\CCCCCCC(=O)NC(COC1OC(CO)C(OC2OC(CO)C(O)C(O)C2O)C(O)C1O)C(O)/C=C/CCCCCCCCCCCCCCCCCCCCCCCC. The van der Waals surface area contributed by atoms with Gasteiger partial charge in [-0.05, 0) is 96.3 Å². The number of allylic oxidation sites excluding steroid dienone is 21. The number of carbonyl (C=O) groups excluding carboxylic acids is 1. The fourth-order valence-electron chi connectivity index (χ4n) is 11.3. The molecule has 532 valence electrons. The molecule has 2 aliphatic heterocycles. The van der Waals surface area contributed by atoms with Gasteiger partial charge in [-0.15, -0.1) is 0 Å². The first-order valence-corrected chi connectivity index (χ1v) is 36.9. The van der Waals surface area contributed by atoms with Crippen molar-refractivity contribution in [1.82, 2.24) is 5.32 Å². The monoisotopic (exact) mass is 1300 g/mol. The van der Waals surface area contributed by atoms with Crippen molar-refractivity contribution in [2.45, 2.75) is 338 Å². The number of hydrogen-bond donors (Lipinski definition) is 9. The number of ether oxygens (including phenoxy) is 4. The van der Waals surface area contributed by atoms with Crippen molar-refractivity contribution in [3.05, 3.63) is 134 Å². The van der Waals surface area contributed by atoms with Gasteiger partial charge in [-0.2, -0.15) is 0 Å². The predicted molar refractivity (Wildman–Crippen MR) is 382 cm³/mol. The Balaban J connectivity index is 1.69. The third kappa shape index (κ3) is 45.3. The molecule has 0 aromatic rings. The van der Waals surface area contributed by atoms with E-state index in [-0.39, 0.29) is 18.9 Å². The molecule has 0 aromatic carbocycles. The molecule has 1 amide bonds. The lowest BCUT2D eigenvalue weighted by Crippen LogP contribution is -2.65. The number of carbonyl (C=O) groups is 1. The summed E-state index contributed by atoms with van der Waals surface area (Å²) in [4.78, 5) is 13.3. The number of rotatable bonds is 59. The molecule has 2 fully saturated rings. The quantitative estimate of drug-likeness (QED) is 0.0204. The Morgan fingerprint density at radius 3 is 1.14 bits per heavy atom. The van der Waals surface area contributed by atoms with Gasteiger partial charge in [0.05, 0.1) is 32.0 Å². The third-order valence-electron chi connectivity index (χ3n) is 17.1. The molecule has 12 atom stereocenters. The van der Waals surface area contributed by atoms with Crippen molar-refractivity contribution >= 4 is 5.91 Å². The predicted octanol–water partition coefficient (Wildman–Crippen LogP) is 15.8. The molecule has 2 saturated heterocycles. The molecule has 2 heterocycles. The molecule has 93 heavy (non-hydrogen) atoms. The highest BCUT2D eigenvalue weighted by Crippen LogP contribution is 2.30. The van der Waals surface area contributed by atoms with E-state index in [0.717, 1.165) is 109 Å². The van der Waals surface area contributed by atoms with Gasteiger partial charge in [0.15, 0.2) is 12.6 Å². The first-order chi connectivity index (χ1) is 45.6. The summed E-state index contributed by atoms with van der Waals surface area (Å²) in [5, 5.41) is 87.5. The molecule has 2 rings (SSSR count). The molecule has 0 bridgehead atoms. The Morgan fingerprint density at radius 1 is 0.398 bits per heavy atom. The second-order valence-corrected chi connectivity index (χ2v) is 25.3. The van der Waals surface area contributed by atoms with Crippen LogP contribution in [0.4, 0.5) is 0 Å². The average molecular weight is 1300 g/mol. The Labute approximate surface area is 564 Å². The minimum absolute atomic E-state index is 0.243. The zero-order chi connectivity index (χ0) is 67.3. The first kappa shape index (κ1) is 85.2. The standard InChI is InChI=1S/C79H133NO13/c1-3-5-7-9-11-13-15-17-19-21-23-25-27-29-30-31-32-33-34-35-36-37-38-39-41-43-45-47-49-51-53-55-57-59-61-63-71(84)80-67(66-90-78-76(89)74(87)77(70(65-82)92-78)93-79-75(88)73(86)72(85)69(64-81)91-79)68(83)62-60-58-56-54-52-50-48-46-44-42-40-28-26-24-22-20-18-16-14-12-10-8-6-4-2/h5,7,11,13,17,19,23,25,29-30,32-33,35-36,38-39,43,45,49,51,60,62,67-70,72-79,81-83,85-89H,3-4,6,8-10,12,14-16,18,20-22,24,26-28,31,34,37,40-42,44,46-48,50,52-59,61,63-66H2,1-2H3,(H,80,84)/b7-5-,13-11-,19-17-,25-23-,30-29-,33-32-,36-35-,39-38-,45-43-,51-49-,62-60+. The maximum Gasteiger partial charge on any atom is 0.220 e. The average Bonchev–Trinajstić information content (AvgIpc) is 0.854. The summed E-state index contributed by atoms with van der Waals surface area (Å²) in [6.07, 6.45) is 75.0. The van der Waals surface area contributed by atoms with Crippen LogP contribution in [0.25, 0.3) is 0 Å². The van der Waals surface area contributed by atoms with Gasteiger partial charge in [0.1, 0.15) is 48.8 Å². The van der Waals surface area contributed by atoms with Crippen molar-refractivity contribution in [2.24, 2.45) is 0 Å². The van der Waals surface area contributed by atoms with E-state index in [1.807, 2.05) is 6.08 Å². The number of unbranched alkanes of at least 4 members (excludes halogenated alkanes) is 26. The summed E-state index contributed by atoms with van der Waals surface area (Å²) < 4.78 is 22.9. The molecular weight excluding hydrogens is 1170 g/mol. The van der Waals surface area contributed by atoms with Crippen molar-refractivity contribution in [3.8, 4) is 0 Å². The van der Waals surface area contributed by atoms with E-state index in [4.69, 9.17) is 18.9 Å². The van der Waals surface area contributed by atoms with Gasteiger partial charge in [-0.1, -0.05) is 295 Å². The van der Waals surface area contributed by atoms with Crippen LogP contribution in [-0.4, -0.2) is 140 Å². The normalized spacial score (nSPS) is 23.4. The van der Waals surface area contributed by atoms with Crippen molar-refractivity contribution < 1.29 is 64.6 Å². The molecule has 0 spiro atoms. The van der Waals surface area contributed by atoms with Crippen LogP contribution in [0.15, 0.2) is 134 Å². The van der Waals surface area contributed by atoms with Gasteiger partial charge < -0.3 is 65.1 Å². The van der Waals surface area contributed by atoms with Crippen LogP contribution in [0.3, 0.4) is 0 Å². The smallest absolute Gasteiger partial charge is 0.220 e. The Hall–Kier alpha value is -3.87. The van der Waals surface area contributed by atoms with Crippen LogP contribution in [0, 0.1) is 0 Å². The Morgan fingerprint density at radius 2 is 0.742 bits per heavy atom. The maximum atomic E-state index is 13.3. The van der Waals surface area contributed by atoms with Gasteiger partial charge in [0, 0.05) is 6.42 Å². The molecule has 0 saturated carbocycles. The van der Waals surface area contributed by atoms with Crippen molar-refractivity contribution in [3.63, 3.8) is 0 Å². The minimum atomic E-state index is -1.80. The summed E-state index contributed by atoms with van der Waals surface area (Å²) in [5.74, 6) is -0.267. The lowest BCUT2D eigenvalue weighted by molar-refractivity contribution is -0.359. The van der Waals surface area contributed by atoms with E-state index in [1.54, 1.807) is 6.08 Å². The van der Waals surface area contributed by atoms with Crippen molar-refractivity contribution in [1.29, 1.82) is 0 Å². The van der Waals surface area contributed by atoms with Gasteiger partial charge in [0.2, 0.25) is 5.91 Å². The van der Waals surface area contributed by atoms with Crippen LogP contribution in [0.1, 0.15) is 264 Å². The fraction of sp³-hybridized carbons (Fsp3) is 0.709. The highest BCUT2D eigenvalue weighted by Gasteiger charge is 2.51. The number of hydrogen-bond acceptors (Lipinski definition) is 13. The second kappa shape index (κ2) is 61.7. The van der Waals surface area contributed by atoms with E-state index in [1.165, 1.54) is 128 Å². The topological polar surface area (TPSA) is 228 Å². The molecule has 14 heteroatoms. The lowest BCUT2D eigenvalue weighted by atomic mass is 9.97. The molecule has 12 unspecified atom stereocenters. The summed E-state index contributed by atoms with van der Waals surface area (Å²) in [7, 11) is 0. The summed E-state index contributed by atoms with van der Waals surface area (Å²) in [5.41, 5.74) is 0. The molecule has 14 nitrogen and oxygen atoms in total. The minimum Gasteiger partial charge on any atom is -0.394 e. The molecule has 0 aromatic heterocycles. The zero-order valence-electron chi connectivity index (χ0n) is 57.9. The fourth-order valence-corrected chi connectivity index (χ4v) is 11.3. The molecule has 2 aliphatic rings.